The van der Waals surface area contributed by atoms with Crippen molar-refractivity contribution in [1.82, 2.24) is 10.6 Å². The van der Waals surface area contributed by atoms with Crippen LogP contribution in [0.25, 0.3) is 0 Å². The monoisotopic (exact) mass is 498 g/mol. The molecule has 2 atom stereocenters. The number of hydrogen-bond donors (Lipinski definition) is 3. The van der Waals surface area contributed by atoms with Gasteiger partial charge in [-0.25, -0.2) is 9.59 Å². The molecule has 9 nitrogen and oxygen atoms in total. The maximum Gasteiger partial charge on any atom is 0.408 e. The van der Waals surface area contributed by atoms with E-state index < -0.39 is 36.0 Å². The van der Waals surface area contributed by atoms with Gasteiger partial charge in [-0.3, -0.25) is 9.59 Å². The van der Waals surface area contributed by atoms with Gasteiger partial charge in [0.25, 0.3) is 0 Å². The lowest BCUT2D eigenvalue weighted by Crippen LogP contribution is -2.52. The van der Waals surface area contributed by atoms with Crippen molar-refractivity contribution in [3.05, 3.63) is 71.8 Å². The molecule has 0 fully saturated rings. The molecule has 0 bridgehead atoms. The zero-order valence-corrected chi connectivity index (χ0v) is 20.6. The van der Waals surface area contributed by atoms with Crippen LogP contribution in [0.4, 0.5) is 4.79 Å². The summed E-state index contributed by atoms with van der Waals surface area (Å²) in [6.07, 6.45) is -0.347. The third kappa shape index (κ3) is 11.0. The molecular weight excluding hydrogens is 464 g/mol. The van der Waals surface area contributed by atoms with Crippen LogP contribution in [0.15, 0.2) is 60.7 Å². The highest BCUT2D eigenvalue weighted by Gasteiger charge is 2.28. The Hall–Kier alpha value is -3.88. The summed E-state index contributed by atoms with van der Waals surface area (Å²) >= 11 is 0. The standard InChI is InChI=1S/C27H34N2O7/c1-19(2)16-23(29-27(34)36-18-21-12-7-4-8-13-21)25(32)28-22(14-9-15-24(30)31)26(33)35-17-20-10-5-3-6-11-20/h3-8,10-13,19,22-23H,9,14-18H2,1-2H3,(H,28,32)(H,29,34)(H,30,31)/t22-,23-/m0/s1. The summed E-state index contributed by atoms with van der Waals surface area (Å²) in [6.45, 7) is 3.86. The van der Waals surface area contributed by atoms with Gasteiger partial charge in [-0.15, -0.1) is 0 Å². The molecule has 0 saturated carbocycles. The third-order valence-corrected chi connectivity index (χ3v) is 5.24. The minimum absolute atomic E-state index is 0.0183. The Balaban J connectivity index is 2.01. The van der Waals surface area contributed by atoms with Crippen LogP contribution < -0.4 is 10.6 Å². The number of benzene rings is 2. The Labute approximate surface area is 211 Å². The second kappa shape index (κ2) is 15.2. The molecule has 0 spiro atoms. The Kier molecular flexibility index (Phi) is 12.0. The summed E-state index contributed by atoms with van der Waals surface area (Å²) in [5, 5.41) is 14.2. The molecule has 0 saturated heterocycles. The zero-order valence-electron chi connectivity index (χ0n) is 20.6. The minimum atomic E-state index is -1.06. The second-order valence-corrected chi connectivity index (χ2v) is 8.83. The SMILES string of the molecule is CC(C)C[C@H](NC(=O)OCc1ccccc1)C(=O)N[C@@H](CCCC(=O)O)C(=O)OCc1ccccc1. The van der Waals surface area contributed by atoms with Crippen LogP contribution in [0.5, 0.6) is 0 Å². The predicted molar refractivity (Wildman–Crippen MR) is 133 cm³/mol. The lowest BCUT2D eigenvalue weighted by atomic mass is 10.0. The van der Waals surface area contributed by atoms with E-state index in [2.05, 4.69) is 10.6 Å². The summed E-state index contributed by atoms with van der Waals surface area (Å²) in [5.41, 5.74) is 1.58. The molecule has 0 aliphatic heterocycles. The molecule has 2 aromatic rings. The second-order valence-electron chi connectivity index (χ2n) is 8.83. The zero-order chi connectivity index (χ0) is 26.3. The summed E-state index contributed by atoms with van der Waals surface area (Å²) < 4.78 is 10.6. The molecule has 0 aromatic heterocycles. The first-order valence-electron chi connectivity index (χ1n) is 11.9. The summed E-state index contributed by atoms with van der Waals surface area (Å²) in [5.74, 6) is -2.19. The van der Waals surface area contributed by atoms with Gasteiger partial charge in [0.05, 0.1) is 0 Å². The smallest absolute Gasteiger partial charge is 0.408 e. The molecule has 3 N–H and O–H groups in total. The minimum Gasteiger partial charge on any atom is -0.481 e. The first-order valence-corrected chi connectivity index (χ1v) is 11.9. The van der Waals surface area contributed by atoms with Crippen LogP contribution >= 0.6 is 0 Å². The number of esters is 1. The lowest BCUT2D eigenvalue weighted by molar-refractivity contribution is -0.150. The number of rotatable bonds is 14. The fourth-order valence-electron chi connectivity index (χ4n) is 3.42. The van der Waals surface area contributed by atoms with E-state index in [4.69, 9.17) is 14.6 Å². The number of ether oxygens (including phenoxy) is 2. The highest BCUT2D eigenvalue weighted by Crippen LogP contribution is 2.10. The molecule has 0 aliphatic carbocycles. The largest absolute Gasteiger partial charge is 0.481 e. The van der Waals surface area contributed by atoms with Crippen molar-refractivity contribution in [1.29, 1.82) is 0 Å². The molecule has 9 heteroatoms. The van der Waals surface area contributed by atoms with E-state index in [0.29, 0.717) is 6.42 Å². The van der Waals surface area contributed by atoms with E-state index in [1.54, 1.807) is 12.1 Å². The van der Waals surface area contributed by atoms with Crippen molar-refractivity contribution in [3.63, 3.8) is 0 Å². The number of aliphatic carboxylic acids is 1. The van der Waals surface area contributed by atoms with Gasteiger partial charge in [0.1, 0.15) is 25.3 Å². The number of carbonyl (C=O) groups is 4. The van der Waals surface area contributed by atoms with Gasteiger partial charge in [0, 0.05) is 6.42 Å². The Bertz CT molecular complexity index is 980. The fraction of sp³-hybridized carbons (Fsp3) is 0.407. The van der Waals surface area contributed by atoms with Gasteiger partial charge in [-0.1, -0.05) is 74.5 Å². The first kappa shape index (κ1) is 28.4. The summed E-state index contributed by atoms with van der Waals surface area (Å²) in [7, 11) is 0. The molecule has 2 rings (SSSR count). The van der Waals surface area contributed by atoms with Gasteiger partial charge in [0.2, 0.25) is 5.91 Å². The molecule has 0 heterocycles. The Morgan fingerprint density at radius 2 is 1.36 bits per heavy atom. The molecule has 0 unspecified atom stereocenters. The topological polar surface area (TPSA) is 131 Å². The lowest BCUT2D eigenvalue weighted by Gasteiger charge is -2.23. The van der Waals surface area contributed by atoms with Crippen LogP contribution in [0.3, 0.4) is 0 Å². The first-order chi connectivity index (χ1) is 17.2. The summed E-state index contributed by atoms with van der Waals surface area (Å²) in [6, 6.07) is 16.2. The predicted octanol–water partition coefficient (Wildman–Crippen LogP) is 3.81. The van der Waals surface area contributed by atoms with Gasteiger partial charge >= 0.3 is 18.0 Å². The van der Waals surface area contributed by atoms with Crippen molar-refractivity contribution < 1.29 is 33.8 Å². The van der Waals surface area contributed by atoms with Crippen LogP contribution in [-0.2, 0) is 37.1 Å². The Morgan fingerprint density at radius 1 is 0.806 bits per heavy atom. The molecule has 2 aromatic carbocycles. The van der Waals surface area contributed by atoms with E-state index in [0.717, 1.165) is 11.1 Å². The molecule has 36 heavy (non-hydrogen) atoms. The number of carbonyl (C=O) groups excluding carboxylic acids is 3. The van der Waals surface area contributed by atoms with E-state index in [9.17, 15) is 19.2 Å². The molecule has 0 aliphatic rings. The normalized spacial score (nSPS) is 12.3. The van der Waals surface area contributed by atoms with Crippen molar-refractivity contribution in [2.45, 2.75) is 64.8 Å². The van der Waals surface area contributed by atoms with Crippen molar-refractivity contribution in [2.24, 2.45) is 5.92 Å². The maximum absolute atomic E-state index is 13.1. The van der Waals surface area contributed by atoms with Gasteiger partial charge in [-0.2, -0.15) is 0 Å². The third-order valence-electron chi connectivity index (χ3n) is 5.24. The number of carboxylic acids is 1. The summed E-state index contributed by atoms with van der Waals surface area (Å²) in [4.78, 5) is 49.1. The highest BCUT2D eigenvalue weighted by atomic mass is 16.5. The van der Waals surface area contributed by atoms with Crippen LogP contribution in [0.2, 0.25) is 0 Å². The number of carboxylic acid groups (broad SMARTS) is 1. The van der Waals surface area contributed by atoms with E-state index >= 15 is 0 Å². The number of alkyl carbamates (subject to hydrolysis) is 1. The molecule has 2 amide bonds. The van der Waals surface area contributed by atoms with Gasteiger partial charge in [0.15, 0.2) is 0 Å². The van der Waals surface area contributed by atoms with E-state index in [1.807, 2.05) is 62.4 Å². The van der Waals surface area contributed by atoms with Crippen LogP contribution in [-0.4, -0.2) is 41.1 Å². The van der Waals surface area contributed by atoms with Gasteiger partial charge < -0.3 is 25.2 Å². The van der Waals surface area contributed by atoms with E-state index in [-0.39, 0.29) is 38.4 Å². The number of nitrogens with one attached hydrogen (secondary N) is 2. The van der Waals surface area contributed by atoms with Gasteiger partial charge in [-0.05, 0) is 36.3 Å². The number of hydrogen-bond acceptors (Lipinski definition) is 6. The molecule has 0 radical (unpaired) electrons. The fourth-order valence-corrected chi connectivity index (χ4v) is 3.42. The molecular formula is C27H34N2O7. The maximum atomic E-state index is 13.1. The number of amides is 2. The average molecular weight is 499 g/mol. The van der Waals surface area contributed by atoms with E-state index in [1.165, 1.54) is 0 Å². The Morgan fingerprint density at radius 3 is 1.89 bits per heavy atom. The van der Waals surface area contributed by atoms with Crippen LogP contribution in [0.1, 0.15) is 50.7 Å². The highest BCUT2D eigenvalue weighted by molar-refractivity contribution is 5.89. The van der Waals surface area contributed by atoms with Crippen molar-refractivity contribution >= 4 is 23.9 Å². The average Bonchev–Trinajstić information content (AvgIpc) is 2.85. The quantitative estimate of drug-likeness (QED) is 0.338. The van der Waals surface area contributed by atoms with Crippen LogP contribution in [0, 0.1) is 5.92 Å². The van der Waals surface area contributed by atoms with Crippen molar-refractivity contribution in [3.8, 4) is 0 Å². The van der Waals surface area contributed by atoms with Crippen molar-refractivity contribution in [2.75, 3.05) is 0 Å². The molecule has 194 valence electrons.